The first-order valence-corrected chi connectivity index (χ1v) is 11.0. The Morgan fingerprint density at radius 1 is 1.12 bits per heavy atom. The summed E-state index contributed by atoms with van der Waals surface area (Å²) in [6, 6.07) is 8.46. The summed E-state index contributed by atoms with van der Waals surface area (Å²) < 4.78 is 27.1. The van der Waals surface area contributed by atoms with Gasteiger partial charge in [-0.25, -0.2) is 13.1 Å². The van der Waals surface area contributed by atoms with E-state index >= 15 is 0 Å². The van der Waals surface area contributed by atoms with Crippen molar-refractivity contribution >= 4 is 16.0 Å². The Labute approximate surface area is 157 Å². The fourth-order valence-corrected chi connectivity index (χ4v) is 5.25. The van der Waals surface area contributed by atoms with Crippen molar-refractivity contribution in [2.75, 3.05) is 33.2 Å². The van der Waals surface area contributed by atoms with Crippen LogP contribution in [0.3, 0.4) is 0 Å². The highest BCUT2D eigenvalue weighted by atomic mass is 32.2. The second-order valence-corrected chi connectivity index (χ2v) is 9.18. The molecular weight excluding hydrogens is 348 g/mol. The zero-order chi connectivity index (χ0) is 18.5. The molecule has 0 aromatic heterocycles. The number of sulfonamides is 1. The summed E-state index contributed by atoms with van der Waals surface area (Å²) in [5.41, 5.74) is 0.477. The summed E-state index contributed by atoms with van der Waals surface area (Å²) in [7, 11) is -1.66. The zero-order valence-corrected chi connectivity index (χ0v) is 16.4. The van der Waals surface area contributed by atoms with E-state index in [0.29, 0.717) is 23.4 Å². The van der Waals surface area contributed by atoms with Crippen LogP contribution >= 0.6 is 0 Å². The molecule has 1 spiro atoms. The van der Waals surface area contributed by atoms with Crippen LogP contribution in [0, 0.1) is 5.41 Å². The van der Waals surface area contributed by atoms with Crippen LogP contribution in [0.2, 0.25) is 0 Å². The number of hydrogen-bond acceptors (Lipinski definition) is 3. The lowest BCUT2D eigenvalue weighted by Crippen LogP contribution is -2.44. The number of guanidine groups is 1. The van der Waals surface area contributed by atoms with Crippen molar-refractivity contribution in [1.29, 1.82) is 0 Å². The number of benzene rings is 1. The molecule has 1 saturated heterocycles. The molecule has 3 rings (SSSR count). The van der Waals surface area contributed by atoms with E-state index < -0.39 is 10.0 Å². The second-order valence-electron chi connectivity index (χ2n) is 7.42. The normalized spacial score (nSPS) is 20.5. The topological polar surface area (TPSA) is 73.8 Å². The molecule has 0 unspecified atom stereocenters. The fourth-order valence-electron chi connectivity index (χ4n) is 4.20. The molecule has 0 bridgehead atoms. The Bertz CT molecular complexity index is 712. The molecule has 0 radical (unpaired) electrons. The van der Waals surface area contributed by atoms with Crippen LogP contribution in [-0.4, -0.2) is 52.5 Å². The zero-order valence-electron chi connectivity index (χ0n) is 15.6. The van der Waals surface area contributed by atoms with Crippen LogP contribution < -0.4 is 10.0 Å². The average molecular weight is 379 g/mol. The number of aliphatic imine (C=N–C) groups is 1. The molecule has 1 aromatic rings. The van der Waals surface area contributed by atoms with Gasteiger partial charge in [0.15, 0.2) is 5.96 Å². The predicted octanol–water partition coefficient (Wildman–Crippen LogP) is 2.20. The summed E-state index contributed by atoms with van der Waals surface area (Å²) in [6.07, 6.45) is 7.97. The standard InChI is InChI=1S/C19H30N4O2S/c1-20-18(23-15-12-19(16-23)10-6-3-7-11-19)21-13-14-22-26(24,25)17-8-4-2-5-9-17/h2,4-5,8-9,22H,3,6-7,10-16H2,1H3,(H,20,21). The van der Waals surface area contributed by atoms with Crippen molar-refractivity contribution in [3.8, 4) is 0 Å². The first-order valence-electron chi connectivity index (χ1n) is 9.55. The first kappa shape index (κ1) is 19.2. The highest BCUT2D eigenvalue weighted by molar-refractivity contribution is 7.89. The quantitative estimate of drug-likeness (QED) is 0.468. The monoisotopic (exact) mass is 378 g/mol. The van der Waals surface area contributed by atoms with Gasteiger partial charge in [-0.15, -0.1) is 0 Å². The van der Waals surface area contributed by atoms with E-state index in [2.05, 4.69) is 19.9 Å². The maximum atomic E-state index is 12.2. The third kappa shape index (κ3) is 4.57. The van der Waals surface area contributed by atoms with Gasteiger partial charge >= 0.3 is 0 Å². The smallest absolute Gasteiger partial charge is 0.240 e. The van der Waals surface area contributed by atoms with Crippen molar-refractivity contribution in [2.24, 2.45) is 10.4 Å². The number of hydrogen-bond donors (Lipinski definition) is 2. The maximum Gasteiger partial charge on any atom is 0.240 e. The van der Waals surface area contributed by atoms with Gasteiger partial charge in [0.2, 0.25) is 10.0 Å². The van der Waals surface area contributed by atoms with Crippen molar-refractivity contribution in [2.45, 2.75) is 43.4 Å². The van der Waals surface area contributed by atoms with Gasteiger partial charge in [0.1, 0.15) is 0 Å². The molecule has 0 atom stereocenters. The molecule has 0 amide bonds. The molecule has 7 heteroatoms. The molecule has 1 aliphatic carbocycles. The van der Waals surface area contributed by atoms with Crippen molar-refractivity contribution < 1.29 is 8.42 Å². The Kier molecular flexibility index (Phi) is 6.19. The summed E-state index contributed by atoms with van der Waals surface area (Å²) in [6.45, 7) is 2.95. The minimum Gasteiger partial charge on any atom is -0.355 e. The van der Waals surface area contributed by atoms with Crippen molar-refractivity contribution in [3.05, 3.63) is 30.3 Å². The maximum absolute atomic E-state index is 12.2. The van der Waals surface area contributed by atoms with Gasteiger partial charge in [0, 0.05) is 33.2 Å². The minimum atomic E-state index is -3.45. The lowest BCUT2D eigenvalue weighted by molar-refractivity contribution is 0.203. The van der Waals surface area contributed by atoms with Crippen LogP contribution in [-0.2, 0) is 10.0 Å². The molecule has 1 aliphatic heterocycles. The Morgan fingerprint density at radius 3 is 2.54 bits per heavy atom. The first-order chi connectivity index (χ1) is 12.5. The molecule has 2 N–H and O–H groups in total. The number of likely N-dealkylation sites (tertiary alicyclic amines) is 1. The summed E-state index contributed by atoms with van der Waals surface area (Å²) >= 11 is 0. The van der Waals surface area contributed by atoms with E-state index in [0.717, 1.165) is 19.0 Å². The van der Waals surface area contributed by atoms with E-state index in [1.807, 2.05) is 0 Å². The summed E-state index contributed by atoms with van der Waals surface area (Å²) in [4.78, 5) is 7.02. The number of nitrogens with zero attached hydrogens (tertiary/aromatic N) is 2. The highest BCUT2D eigenvalue weighted by Crippen LogP contribution is 2.43. The number of nitrogens with one attached hydrogen (secondary N) is 2. The van der Waals surface area contributed by atoms with E-state index in [9.17, 15) is 8.42 Å². The second kappa shape index (κ2) is 8.39. The minimum absolute atomic E-state index is 0.295. The van der Waals surface area contributed by atoms with Gasteiger partial charge in [-0.3, -0.25) is 4.99 Å². The van der Waals surface area contributed by atoms with E-state index in [4.69, 9.17) is 0 Å². The van der Waals surface area contributed by atoms with Gasteiger partial charge in [0.05, 0.1) is 4.90 Å². The summed E-state index contributed by atoms with van der Waals surface area (Å²) in [5.74, 6) is 0.881. The van der Waals surface area contributed by atoms with E-state index in [1.165, 1.54) is 38.5 Å². The Morgan fingerprint density at radius 2 is 1.85 bits per heavy atom. The third-order valence-electron chi connectivity index (χ3n) is 5.62. The van der Waals surface area contributed by atoms with E-state index in [1.54, 1.807) is 37.4 Å². The van der Waals surface area contributed by atoms with Gasteiger partial charge in [-0.2, -0.15) is 0 Å². The van der Waals surface area contributed by atoms with Crippen LogP contribution in [0.4, 0.5) is 0 Å². The molecule has 1 aromatic carbocycles. The molecule has 26 heavy (non-hydrogen) atoms. The molecule has 2 fully saturated rings. The highest BCUT2D eigenvalue weighted by Gasteiger charge is 2.39. The molecule has 1 saturated carbocycles. The molecule has 6 nitrogen and oxygen atoms in total. The molecule has 2 aliphatic rings. The van der Waals surface area contributed by atoms with Crippen LogP contribution in [0.1, 0.15) is 38.5 Å². The lowest BCUT2D eigenvalue weighted by atomic mass is 9.73. The molecule has 144 valence electrons. The van der Waals surface area contributed by atoms with Gasteiger partial charge in [-0.1, -0.05) is 37.5 Å². The van der Waals surface area contributed by atoms with Crippen LogP contribution in [0.5, 0.6) is 0 Å². The average Bonchev–Trinajstić information content (AvgIpc) is 3.06. The van der Waals surface area contributed by atoms with Crippen LogP contribution in [0.15, 0.2) is 40.2 Å². The van der Waals surface area contributed by atoms with Crippen molar-refractivity contribution in [1.82, 2.24) is 14.9 Å². The number of rotatable bonds is 5. The lowest BCUT2D eigenvalue weighted by Gasteiger charge is -2.33. The van der Waals surface area contributed by atoms with Gasteiger partial charge < -0.3 is 10.2 Å². The van der Waals surface area contributed by atoms with E-state index in [-0.39, 0.29) is 0 Å². The summed E-state index contributed by atoms with van der Waals surface area (Å²) in [5, 5.41) is 3.31. The molecular formula is C19H30N4O2S. The van der Waals surface area contributed by atoms with Gasteiger partial charge in [-0.05, 0) is 36.8 Å². The largest absolute Gasteiger partial charge is 0.355 e. The van der Waals surface area contributed by atoms with Crippen LogP contribution in [0.25, 0.3) is 0 Å². The Balaban J connectivity index is 1.46. The SMILES string of the molecule is CN=C(NCCNS(=O)(=O)c1ccccc1)N1CCC2(CCCCC2)C1. The van der Waals surface area contributed by atoms with Crippen molar-refractivity contribution in [3.63, 3.8) is 0 Å². The van der Waals surface area contributed by atoms with Gasteiger partial charge in [0.25, 0.3) is 0 Å². The third-order valence-corrected chi connectivity index (χ3v) is 7.09. The predicted molar refractivity (Wildman–Crippen MR) is 105 cm³/mol. The molecule has 1 heterocycles. The fraction of sp³-hybridized carbons (Fsp3) is 0.632. The Hall–Kier alpha value is -1.60.